The first-order chi connectivity index (χ1) is 13.0. The first-order valence-electron chi connectivity index (χ1n) is 11.5. The Kier molecular flexibility index (Phi) is 23.3. The molecule has 0 aromatic rings. The van der Waals surface area contributed by atoms with Gasteiger partial charge in [-0.2, -0.15) is 0 Å². The predicted molar refractivity (Wildman–Crippen MR) is 111 cm³/mol. The number of carbonyl (C=O) groups excluding carboxylic acids is 2. The molecule has 0 rings (SSSR count). The molecule has 0 fully saturated rings. The van der Waals surface area contributed by atoms with Crippen molar-refractivity contribution in [2.75, 3.05) is 0 Å². The van der Waals surface area contributed by atoms with Crippen LogP contribution in [0.4, 0.5) is 0 Å². The van der Waals surface area contributed by atoms with Crippen molar-refractivity contribution in [2.24, 2.45) is 5.92 Å². The molecule has 0 heterocycles. The minimum Gasteiger partial charge on any atom is -0.548 e. The Morgan fingerprint density at radius 3 is 1.50 bits per heavy atom. The molecule has 0 saturated carbocycles. The standard InChI is InChI=1S/C23H45NO3.Na/c1-4-5-6-7-8-9-10-11-12-13-14-15-16-17-18-22(25)24-21(23(26)27)19-20(2)3;/h20-21H,4-19H2,1-3H3,(H,24,25)(H,26,27);/q;+1/p-1/t21-;/m0./s1. The van der Waals surface area contributed by atoms with Crippen molar-refractivity contribution in [3.8, 4) is 0 Å². The number of hydrogen-bond donors (Lipinski definition) is 1. The zero-order valence-corrected chi connectivity index (χ0v) is 21.2. The van der Waals surface area contributed by atoms with Crippen LogP contribution in [0.25, 0.3) is 0 Å². The molecule has 5 heteroatoms. The third-order valence-corrected chi connectivity index (χ3v) is 5.08. The van der Waals surface area contributed by atoms with Crippen LogP contribution in [-0.4, -0.2) is 17.9 Å². The number of aliphatic carboxylic acids is 1. The maximum Gasteiger partial charge on any atom is 1.00 e. The van der Waals surface area contributed by atoms with E-state index in [2.05, 4.69) is 12.2 Å². The SMILES string of the molecule is CCCCCCCCCCCCCCCCC(=O)N[C@@H](CC(C)C)C(=O)[O-].[Na+]. The van der Waals surface area contributed by atoms with Gasteiger partial charge in [0.2, 0.25) is 5.91 Å². The van der Waals surface area contributed by atoms with Crippen LogP contribution in [0.15, 0.2) is 0 Å². The summed E-state index contributed by atoms with van der Waals surface area (Å²) in [7, 11) is 0. The van der Waals surface area contributed by atoms with E-state index in [1.54, 1.807) is 0 Å². The Balaban J connectivity index is 0. The second-order valence-electron chi connectivity index (χ2n) is 8.41. The van der Waals surface area contributed by atoms with Crippen LogP contribution in [0.3, 0.4) is 0 Å². The molecule has 4 nitrogen and oxygen atoms in total. The molecule has 1 amide bonds. The summed E-state index contributed by atoms with van der Waals surface area (Å²) in [6, 6.07) is -0.857. The topological polar surface area (TPSA) is 69.2 Å². The summed E-state index contributed by atoms with van der Waals surface area (Å²) in [5.74, 6) is -1.13. The zero-order chi connectivity index (χ0) is 20.3. The van der Waals surface area contributed by atoms with Gasteiger partial charge in [-0.05, 0) is 18.8 Å². The first-order valence-corrected chi connectivity index (χ1v) is 11.5. The number of hydrogen-bond acceptors (Lipinski definition) is 3. The maximum absolute atomic E-state index is 11.9. The Morgan fingerprint density at radius 2 is 1.14 bits per heavy atom. The van der Waals surface area contributed by atoms with E-state index in [4.69, 9.17) is 0 Å². The molecular formula is C23H44NNaO3. The molecule has 0 saturated heterocycles. The van der Waals surface area contributed by atoms with Crippen molar-refractivity contribution in [3.05, 3.63) is 0 Å². The molecule has 28 heavy (non-hydrogen) atoms. The molecule has 0 aliphatic carbocycles. The van der Waals surface area contributed by atoms with E-state index in [0.29, 0.717) is 12.8 Å². The van der Waals surface area contributed by atoms with Gasteiger partial charge in [0, 0.05) is 6.42 Å². The zero-order valence-electron chi connectivity index (χ0n) is 19.2. The van der Waals surface area contributed by atoms with Crippen LogP contribution >= 0.6 is 0 Å². The third kappa shape index (κ3) is 20.7. The smallest absolute Gasteiger partial charge is 0.548 e. The summed E-state index contributed by atoms with van der Waals surface area (Å²) in [6.07, 6.45) is 18.8. The van der Waals surface area contributed by atoms with E-state index in [0.717, 1.165) is 12.8 Å². The number of rotatable bonds is 19. The molecule has 0 aromatic carbocycles. The van der Waals surface area contributed by atoms with Crippen LogP contribution in [-0.2, 0) is 9.59 Å². The Hall–Kier alpha value is -0.0600. The van der Waals surface area contributed by atoms with Crippen LogP contribution in [0.2, 0.25) is 0 Å². The normalized spacial score (nSPS) is 11.9. The fourth-order valence-electron chi connectivity index (χ4n) is 3.43. The van der Waals surface area contributed by atoms with E-state index >= 15 is 0 Å². The Bertz CT molecular complexity index is 375. The largest absolute Gasteiger partial charge is 1.00 e. The van der Waals surface area contributed by atoms with Crippen LogP contribution < -0.4 is 40.0 Å². The average Bonchev–Trinajstić information content (AvgIpc) is 2.61. The minimum absolute atomic E-state index is 0. The summed E-state index contributed by atoms with van der Waals surface area (Å²) in [4.78, 5) is 22.9. The quantitative estimate of drug-likeness (QED) is 0.264. The summed E-state index contributed by atoms with van der Waals surface area (Å²) in [6.45, 7) is 6.14. The molecule has 0 aromatic heterocycles. The fourth-order valence-corrected chi connectivity index (χ4v) is 3.43. The molecule has 160 valence electrons. The average molecular weight is 406 g/mol. The predicted octanol–water partition coefficient (Wildman–Crippen LogP) is 2.14. The number of carboxylic acids is 1. The molecule has 0 bridgehead atoms. The number of unbranched alkanes of at least 4 members (excludes halogenated alkanes) is 13. The molecule has 0 aliphatic heterocycles. The summed E-state index contributed by atoms with van der Waals surface area (Å²) in [5, 5.41) is 13.6. The van der Waals surface area contributed by atoms with Gasteiger partial charge in [0.25, 0.3) is 0 Å². The van der Waals surface area contributed by atoms with Gasteiger partial charge in [-0.15, -0.1) is 0 Å². The van der Waals surface area contributed by atoms with Crippen molar-refractivity contribution in [1.82, 2.24) is 5.32 Å². The van der Waals surface area contributed by atoms with Crippen molar-refractivity contribution in [2.45, 2.75) is 130 Å². The van der Waals surface area contributed by atoms with Crippen molar-refractivity contribution in [3.63, 3.8) is 0 Å². The summed E-state index contributed by atoms with van der Waals surface area (Å²) < 4.78 is 0. The van der Waals surface area contributed by atoms with Gasteiger partial charge < -0.3 is 15.2 Å². The molecule has 1 atom stereocenters. The van der Waals surface area contributed by atoms with E-state index in [-0.39, 0.29) is 41.4 Å². The van der Waals surface area contributed by atoms with Crippen LogP contribution in [0, 0.1) is 5.92 Å². The molecule has 1 N–H and O–H groups in total. The Morgan fingerprint density at radius 1 is 0.750 bits per heavy atom. The van der Waals surface area contributed by atoms with Crippen LogP contribution in [0.5, 0.6) is 0 Å². The second-order valence-corrected chi connectivity index (χ2v) is 8.41. The van der Waals surface area contributed by atoms with Gasteiger partial charge >= 0.3 is 29.6 Å². The third-order valence-electron chi connectivity index (χ3n) is 5.08. The molecule has 0 unspecified atom stereocenters. The van der Waals surface area contributed by atoms with Gasteiger partial charge in [0.15, 0.2) is 0 Å². The molecule has 0 aliphatic rings. The maximum atomic E-state index is 11.9. The fraction of sp³-hybridized carbons (Fsp3) is 0.913. The number of nitrogens with one attached hydrogen (secondary N) is 1. The molecule has 0 spiro atoms. The van der Waals surface area contributed by atoms with Crippen LogP contribution in [0.1, 0.15) is 124 Å². The number of carboxylic acid groups (broad SMARTS) is 1. The van der Waals surface area contributed by atoms with Crippen molar-refractivity contribution < 1.29 is 44.3 Å². The molecular weight excluding hydrogens is 361 g/mol. The first kappa shape index (κ1) is 30.1. The van der Waals surface area contributed by atoms with E-state index < -0.39 is 12.0 Å². The summed E-state index contributed by atoms with van der Waals surface area (Å²) in [5.41, 5.74) is 0. The number of carbonyl (C=O) groups is 2. The molecule has 0 radical (unpaired) electrons. The monoisotopic (exact) mass is 405 g/mol. The van der Waals surface area contributed by atoms with E-state index in [1.165, 1.54) is 77.0 Å². The van der Waals surface area contributed by atoms with E-state index in [9.17, 15) is 14.7 Å². The number of amides is 1. The van der Waals surface area contributed by atoms with E-state index in [1.807, 2.05) is 13.8 Å². The van der Waals surface area contributed by atoms with Gasteiger partial charge in [0.1, 0.15) is 0 Å². The van der Waals surface area contributed by atoms with Gasteiger partial charge in [-0.3, -0.25) is 4.79 Å². The second kappa shape index (κ2) is 21.6. The van der Waals surface area contributed by atoms with Gasteiger partial charge in [-0.25, -0.2) is 0 Å². The Labute approximate surface area is 196 Å². The van der Waals surface area contributed by atoms with Crippen molar-refractivity contribution >= 4 is 11.9 Å². The van der Waals surface area contributed by atoms with Gasteiger partial charge in [-0.1, -0.05) is 104 Å². The summed E-state index contributed by atoms with van der Waals surface area (Å²) >= 11 is 0. The minimum atomic E-state index is -1.18. The van der Waals surface area contributed by atoms with Gasteiger partial charge in [0.05, 0.1) is 12.0 Å². The van der Waals surface area contributed by atoms with Crippen molar-refractivity contribution in [1.29, 1.82) is 0 Å².